The summed E-state index contributed by atoms with van der Waals surface area (Å²) < 4.78 is 6.25. The van der Waals surface area contributed by atoms with Crippen LogP contribution in [0.3, 0.4) is 0 Å². The normalized spacial score (nSPS) is 18.5. The summed E-state index contributed by atoms with van der Waals surface area (Å²) in [6.45, 7) is 4.63. The molecule has 3 atom stereocenters. The van der Waals surface area contributed by atoms with Gasteiger partial charge >= 0.3 is 0 Å². The Hall–Kier alpha value is -3.41. The number of hydrogen-bond donors (Lipinski definition) is 1. The molecule has 2 amide bonds. The fourth-order valence-electron chi connectivity index (χ4n) is 3.82. The zero-order valence-electron chi connectivity index (χ0n) is 21.1. The van der Waals surface area contributed by atoms with Crippen molar-refractivity contribution in [1.29, 1.82) is 0 Å². The van der Waals surface area contributed by atoms with Crippen molar-refractivity contribution in [2.75, 3.05) is 47.4 Å². The molecule has 1 N–H and O–H groups in total. The maximum absolute atomic E-state index is 13.5. The molecule has 186 valence electrons. The molecule has 0 saturated heterocycles. The van der Waals surface area contributed by atoms with Crippen molar-refractivity contribution < 1.29 is 19.4 Å². The lowest BCUT2D eigenvalue weighted by molar-refractivity contribution is -0.132. The molecule has 1 aliphatic heterocycles. The molecule has 8 nitrogen and oxygen atoms in total. The van der Waals surface area contributed by atoms with E-state index in [0.29, 0.717) is 30.8 Å². The van der Waals surface area contributed by atoms with Gasteiger partial charge in [0, 0.05) is 36.8 Å². The lowest BCUT2D eigenvalue weighted by atomic mass is 10.00. The third-order valence-corrected chi connectivity index (χ3v) is 5.98. The van der Waals surface area contributed by atoms with Crippen LogP contribution in [0.5, 0.6) is 5.88 Å². The molecule has 1 aliphatic rings. The van der Waals surface area contributed by atoms with Gasteiger partial charge in [-0.2, -0.15) is 0 Å². The largest absolute Gasteiger partial charge is 0.472 e. The minimum Gasteiger partial charge on any atom is -0.472 e. The van der Waals surface area contributed by atoms with E-state index < -0.39 is 0 Å². The quantitative estimate of drug-likeness (QED) is 0.637. The van der Waals surface area contributed by atoms with E-state index in [1.54, 1.807) is 36.0 Å². The van der Waals surface area contributed by atoms with Crippen molar-refractivity contribution >= 4 is 11.8 Å². The van der Waals surface area contributed by atoms with Gasteiger partial charge in [0.05, 0.1) is 25.7 Å². The number of pyridine rings is 1. The summed E-state index contributed by atoms with van der Waals surface area (Å²) in [5, 5.41) is 9.81. The Morgan fingerprint density at radius 2 is 1.91 bits per heavy atom. The van der Waals surface area contributed by atoms with Gasteiger partial charge in [0.1, 0.15) is 11.7 Å². The zero-order valence-corrected chi connectivity index (χ0v) is 21.1. The third-order valence-electron chi connectivity index (χ3n) is 5.98. The fourth-order valence-corrected chi connectivity index (χ4v) is 3.82. The highest BCUT2D eigenvalue weighted by Gasteiger charge is 2.34. The van der Waals surface area contributed by atoms with E-state index in [0.717, 1.165) is 5.56 Å². The molecule has 0 radical (unpaired) electrons. The average molecular weight is 479 g/mol. The number of ether oxygens (including phenoxy) is 1. The van der Waals surface area contributed by atoms with Gasteiger partial charge in [0.25, 0.3) is 5.91 Å². The van der Waals surface area contributed by atoms with Gasteiger partial charge in [0.2, 0.25) is 11.8 Å². The molecule has 1 aromatic heterocycles. The Morgan fingerprint density at radius 1 is 1.23 bits per heavy atom. The van der Waals surface area contributed by atoms with Crippen molar-refractivity contribution in [1.82, 2.24) is 19.7 Å². The number of aliphatic hydroxyl groups excluding tert-OH is 1. The lowest BCUT2D eigenvalue weighted by Gasteiger charge is -2.37. The number of benzene rings is 1. The number of amides is 2. The van der Waals surface area contributed by atoms with Crippen LogP contribution < -0.4 is 4.74 Å². The van der Waals surface area contributed by atoms with Crippen molar-refractivity contribution in [3.63, 3.8) is 0 Å². The Kier molecular flexibility index (Phi) is 8.85. The maximum atomic E-state index is 13.5. The first kappa shape index (κ1) is 26.2. The second kappa shape index (κ2) is 11.8. The van der Waals surface area contributed by atoms with Crippen LogP contribution in [0.1, 0.15) is 35.3 Å². The van der Waals surface area contributed by atoms with E-state index in [-0.39, 0.29) is 42.4 Å². The number of hydrogen-bond acceptors (Lipinski definition) is 6. The SMILES string of the molecule is C[C@H]1CN([C@@H](C)CO)C(=O)c2cc(C#Cc3ccccc3)cnc2O[C@@H]1CN(C)C(=O)CN(C)C. The van der Waals surface area contributed by atoms with Crippen LogP contribution in [0.2, 0.25) is 0 Å². The molecule has 0 aliphatic carbocycles. The maximum Gasteiger partial charge on any atom is 0.259 e. The summed E-state index contributed by atoms with van der Waals surface area (Å²) in [4.78, 5) is 35.6. The molecular formula is C27H34N4O4. The number of aliphatic hydroxyl groups is 1. The summed E-state index contributed by atoms with van der Waals surface area (Å²) in [7, 11) is 5.44. The van der Waals surface area contributed by atoms with Gasteiger partial charge in [-0.1, -0.05) is 37.0 Å². The van der Waals surface area contributed by atoms with Gasteiger partial charge in [-0.3, -0.25) is 9.59 Å². The van der Waals surface area contributed by atoms with Gasteiger partial charge in [-0.05, 0) is 39.2 Å². The van der Waals surface area contributed by atoms with E-state index in [4.69, 9.17) is 4.74 Å². The molecule has 0 bridgehead atoms. The molecule has 0 fully saturated rings. The van der Waals surface area contributed by atoms with Gasteiger partial charge in [0.15, 0.2) is 0 Å². The van der Waals surface area contributed by atoms with Crippen LogP contribution >= 0.6 is 0 Å². The van der Waals surface area contributed by atoms with E-state index in [1.807, 2.05) is 56.3 Å². The predicted molar refractivity (Wildman–Crippen MR) is 134 cm³/mol. The standard InChI is InChI=1S/C27H34N4O4/c1-19-15-31(20(2)18-32)27(34)23-13-22(12-11-21-9-7-6-8-10-21)14-28-26(23)35-24(19)16-30(5)25(33)17-29(3)4/h6-10,13-14,19-20,24,32H,15-18H2,1-5H3/t19-,20-,24+/m0/s1. The van der Waals surface area contributed by atoms with Gasteiger partial charge in [-0.25, -0.2) is 4.98 Å². The van der Waals surface area contributed by atoms with Crippen LogP contribution in [0.15, 0.2) is 42.6 Å². The Morgan fingerprint density at radius 3 is 2.57 bits per heavy atom. The molecule has 0 unspecified atom stereocenters. The number of nitrogens with zero attached hydrogens (tertiary/aromatic N) is 4. The van der Waals surface area contributed by atoms with Crippen LogP contribution in [0, 0.1) is 17.8 Å². The van der Waals surface area contributed by atoms with Crippen molar-refractivity contribution in [3.05, 3.63) is 59.3 Å². The summed E-state index contributed by atoms with van der Waals surface area (Å²) in [6, 6.07) is 10.9. The highest BCUT2D eigenvalue weighted by atomic mass is 16.5. The van der Waals surface area contributed by atoms with Gasteiger partial charge < -0.3 is 24.5 Å². The highest BCUT2D eigenvalue weighted by molar-refractivity contribution is 5.97. The molecule has 0 spiro atoms. The molecular weight excluding hydrogens is 444 g/mol. The number of aromatic nitrogens is 1. The van der Waals surface area contributed by atoms with E-state index in [9.17, 15) is 14.7 Å². The number of rotatable bonds is 6. The highest BCUT2D eigenvalue weighted by Crippen LogP contribution is 2.27. The first-order valence-corrected chi connectivity index (χ1v) is 11.7. The number of carbonyl (C=O) groups excluding carboxylic acids is 2. The van der Waals surface area contributed by atoms with E-state index in [1.165, 1.54) is 0 Å². The summed E-state index contributed by atoms with van der Waals surface area (Å²) in [5.74, 6) is 5.97. The second-order valence-electron chi connectivity index (χ2n) is 9.33. The van der Waals surface area contributed by atoms with E-state index >= 15 is 0 Å². The molecule has 0 saturated carbocycles. The number of likely N-dealkylation sites (N-methyl/N-ethyl adjacent to an activating group) is 2. The van der Waals surface area contributed by atoms with Crippen LogP contribution in [-0.2, 0) is 4.79 Å². The Bertz CT molecular complexity index is 1090. The Balaban J connectivity index is 1.95. The summed E-state index contributed by atoms with van der Waals surface area (Å²) in [6.07, 6.45) is 1.20. The predicted octanol–water partition coefficient (Wildman–Crippen LogP) is 1.72. The zero-order chi connectivity index (χ0) is 25.5. The van der Waals surface area contributed by atoms with Crippen LogP contribution in [0.4, 0.5) is 0 Å². The van der Waals surface area contributed by atoms with E-state index in [2.05, 4.69) is 16.8 Å². The molecule has 1 aromatic carbocycles. The van der Waals surface area contributed by atoms with Crippen molar-refractivity contribution in [2.24, 2.45) is 5.92 Å². The third kappa shape index (κ3) is 6.81. The average Bonchev–Trinajstić information content (AvgIpc) is 2.84. The molecule has 2 aromatic rings. The van der Waals surface area contributed by atoms with Crippen LogP contribution in [-0.4, -0.2) is 96.1 Å². The second-order valence-corrected chi connectivity index (χ2v) is 9.33. The van der Waals surface area contributed by atoms with Gasteiger partial charge in [-0.15, -0.1) is 0 Å². The lowest BCUT2D eigenvalue weighted by Crippen LogP contribution is -2.51. The molecule has 8 heteroatoms. The first-order valence-electron chi connectivity index (χ1n) is 11.7. The monoisotopic (exact) mass is 478 g/mol. The van der Waals surface area contributed by atoms with Crippen molar-refractivity contribution in [2.45, 2.75) is 26.0 Å². The number of carbonyl (C=O) groups is 2. The topological polar surface area (TPSA) is 86.2 Å². The molecule has 2 heterocycles. The molecule has 3 rings (SSSR count). The first-order chi connectivity index (χ1) is 16.7. The minimum absolute atomic E-state index is 0.0239. The summed E-state index contributed by atoms with van der Waals surface area (Å²) >= 11 is 0. The van der Waals surface area contributed by atoms with Crippen LogP contribution in [0.25, 0.3) is 0 Å². The van der Waals surface area contributed by atoms with Crippen molar-refractivity contribution in [3.8, 4) is 17.7 Å². The Labute approximate surface area is 207 Å². The fraction of sp³-hybridized carbons (Fsp3) is 0.444. The number of fused-ring (bicyclic) bond motifs is 1. The summed E-state index contributed by atoms with van der Waals surface area (Å²) in [5.41, 5.74) is 1.74. The molecule has 35 heavy (non-hydrogen) atoms. The smallest absolute Gasteiger partial charge is 0.259 e. The minimum atomic E-state index is -0.389.